The lowest BCUT2D eigenvalue weighted by atomic mass is 10.1. The number of esters is 1. The highest BCUT2D eigenvalue weighted by atomic mass is 16.5. The third-order valence-corrected chi connectivity index (χ3v) is 3.99. The van der Waals surface area contributed by atoms with Gasteiger partial charge < -0.3 is 20.7 Å². The van der Waals surface area contributed by atoms with Crippen LogP contribution in [0.25, 0.3) is 0 Å². The van der Waals surface area contributed by atoms with E-state index >= 15 is 0 Å². The molecular formula is C20H23N3O4. The molecule has 0 bridgehead atoms. The largest absolute Gasteiger partial charge is 0.444 e. The van der Waals surface area contributed by atoms with Crippen molar-refractivity contribution >= 4 is 23.6 Å². The summed E-state index contributed by atoms with van der Waals surface area (Å²) in [6.45, 7) is 4.75. The van der Waals surface area contributed by atoms with Crippen molar-refractivity contribution in [2.45, 2.75) is 20.0 Å². The molecule has 2 aromatic carbocycles. The predicted molar refractivity (Wildman–Crippen MR) is 102 cm³/mol. The summed E-state index contributed by atoms with van der Waals surface area (Å²) >= 11 is 0. The van der Waals surface area contributed by atoms with Crippen molar-refractivity contribution < 1.29 is 19.1 Å². The van der Waals surface area contributed by atoms with Gasteiger partial charge in [-0.1, -0.05) is 36.4 Å². The Labute approximate surface area is 158 Å². The maximum Gasteiger partial charge on any atom is 0.339 e. The van der Waals surface area contributed by atoms with Gasteiger partial charge in [0, 0.05) is 24.3 Å². The Morgan fingerprint density at radius 2 is 1.70 bits per heavy atom. The van der Waals surface area contributed by atoms with E-state index in [1.807, 2.05) is 19.9 Å². The topological polar surface area (TPSA) is 102 Å². The summed E-state index contributed by atoms with van der Waals surface area (Å²) in [5.74, 6) is -0.955. The molecule has 2 rings (SSSR count). The molecule has 27 heavy (non-hydrogen) atoms. The second-order valence-electron chi connectivity index (χ2n) is 5.78. The highest BCUT2D eigenvalue weighted by Crippen LogP contribution is 2.23. The Bertz CT molecular complexity index is 804. The first kappa shape index (κ1) is 20.0. The van der Waals surface area contributed by atoms with Crippen LogP contribution in [0.1, 0.15) is 35.9 Å². The van der Waals surface area contributed by atoms with Crippen LogP contribution in [0.5, 0.6) is 0 Å². The first-order chi connectivity index (χ1) is 13.0. The van der Waals surface area contributed by atoms with E-state index < -0.39 is 18.1 Å². The lowest BCUT2D eigenvalue weighted by molar-refractivity contribution is -0.140. The monoisotopic (exact) mass is 369 g/mol. The zero-order valence-corrected chi connectivity index (χ0v) is 15.3. The second kappa shape index (κ2) is 9.38. The number of amides is 3. The van der Waals surface area contributed by atoms with Gasteiger partial charge in [0.15, 0.2) is 0 Å². The molecule has 7 heteroatoms. The van der Waals surface area contributed by atoms with E-state index in [-0.39, 0.29) is 11.5 Å². The number of urea groups is 1. The summed E-state index contributed by atoms with van der Waals surface area (Å²) in [4.78, 5) is 38.1. The number of nitrogens with one attached hydrogen (secondary N) is 1. The van der Waals surface area contributed by atoms with E-state index in [1.54, 1.807) is 47.4 Å². The summed E-state index contributed by atoms with van der Waals surface area (Å²) < 4.78 is 5.55. The van der Waals surface area contributed by atoms with E-state index in [9.17, 15) is 14.4 Å². The predicted octanol–water partition coefficient (Wildman–Crippen LogP) is 2.94. The molecule has 0 heterocycles. The summed E-state index contributed by atoms with van der Waals surface area (Å²) in [6, 6.07) is 14.3. The van der Waals surface area contributed by atoms with E-state index in [0.29, 0.717) is 24.3 Å². The number of nitrogens with two attached hydrogens (primary N) is 1. The smallest absolute Gasteiger partial charge is 0.339 e. The number of hydrogen-bond donors (Lipinski definition) is 2. The Morgan fingerprint density at radius 3 is 2.30 bits per heavy atom. The average Bonchev–Trinajstić information content (AvgIpc) is 2.67. The van der Waals surface area contributed by atoms with Gasteiger partial charge in [0.25, 0.3) is 5.91 Å². The van der Waals surface area contributed by atoms with Crippen LogP contribution in [-0.4, -0.2) is 35.9 Å². The van der Waals surface area contributed by atoms with E-state index in [0.717, 1.165) is 0 Å². The van der Waals surface area contributed by atoms with Crippen LogP contribution in [-0.2, 0) is 9.53 Å². The number of hydrogen-bond acceptors (Lipinski definition) is 4. The number of nitrogens with zero attached hydrogens (tertiary/aromatic N) is 1. The molecule has 0 radical (unpaired) electrons. The summed E-state index contributed by atoms with van der Waals surface area (Å²) in [6.07, 6.45) is -1.05. The normalized spacial score (nSPS) is 11.3. The molecule has 142 valence electrons. The first-order valence-corrected chi connectivity index (χ1v) is 8.67. The molecule has 0 aliphatic carbocycles. The Morgan fingerprint density at radius 1 is 1.04 bits per heavy atom. The van der Waals surface area contributed by atoms with Crippen LogP contribution < -0.4 is 11.1 Å². The molecule has 0 spiro atoms. The van der Waals surface area contributed by atoms with Crippen LogP contribution in [0.3, 0.4) is 0 Å². The number of rotatable bonds is 7. The molecule has 2 aromatic rings. The summed E-state index contributed by atoms with van der Waals surface area (Å²) in [5, 5.41) is 2.40. The molecule has 0 saturated carbocycles. The summed E-state index contributed by atoms with van der Waals surface area (Å²) in [7, 11) is 0. The van der Waals surface area contributed by atoms with Crippen molar-refractivity contribution in [3.8, 4) is 0 Å². The zero-order chi connectivity index (χ0) is 19.8. The van der Waals surface area contributed by atoms with Crippen LogP contribution >= 0.6 is 0 Å². The number of likely N-dealkylation sites (N-methyl/N-ethyl adjacent to an activating group) is 1. The van der Waals surface area contributed by atoms with Crippen LogP contribution in [0, 0.1) is 0 Å². The number of benzene rings is 2. The molecule has 0 fully saturated rings. The third kappa shape index (κ3) is 5.31. The van der Waals surface area contributed by atoms with Crippen molar-refractivity contribution in [2.75, 3.05) is 18.4 Å². The van der Waals surface area contributed by atoms with Gasteiger partial charge in [0.1, 0.15) is 0 Å². The minimum Gasteiger partial charge on any atom is -0.444 e. The van der Waals surface area contributed by atoms with E-state index in [2.05, 4.69) is 5.32 Å². The number of carbonyl (C=O) groups excluding carboxylic acids is 3. The van der Waals surface area contributed by atoms with Crippen LogP contribution in [0.2, 0.25) is 0 Å². The standard InChI is InChI=1S/C20H23N3O4/c1-3-23(4-2)18(24)17(14-9-6-5-7-10-14)27-19(25)15-11-8-12-16(13-15)22-20(21)26/h5-13,17H,3-4H2,1-2H3,(H3,21,22,26)/t17-/m1/s1. The lowest BCUT2D eigenvalue weighted by Crippen LogP contribution is -2.36. The molecule has 0 unspecified atom stereocenters. The average molecular weight is 369 g/mol. The van der Waals surface area contributed by atoms with Gasteiger partial charge in [-0.15, -0.1) is 0 Å². The number of carbonyl (C=O) groups is 3. The number of ether oxygens (including phenoxy) is 1. The fourth-order valence-corrected chi connectivity index (χ4v) is 2.63. The minimum absolute atomic E-state index is 0.203. The second-order valence-corrected chi connectivity index (χ2v) is 5.78. The Hall–Kier alpha value is -3.35. The molecule has 0 aliphatic rings. The van der Waals surface area contributed by atoms with Crippen molar-refractivity contribution in [3.63, 3.8) is 0 Å². The fraction of sp³-hybridized carbons (Fsp3) is 0.250. The van der Waals surface area contributed by atoms with Crippen LogP contribution in [0.4, 0.5) is 10.5 Å². The number of primary amides is 1. The lowest BCUT2D eigenvalue weighted by Gasteiger charge is -2.25. The highest BCUT2D eigenvalue weighted by Gasteiger charge is 2.28. The van der Waals surface area contributed by atoms with Crippen molar-refractivity contribution in [2.24, 2.45) is 5.73 Å². The Balaban J connectivity index is 2.28. The molecule has 3 amide bonds. The van der Waals surface area contributed by atoms with Gasteiger partial charge in [-0.05, 0) is 32.0 Å². The quantitative estimate of drug-likeness (QED) is 0.733. The van der Waals surface area contributed by atoms with Gasteiger partial charge in [-0.25, -0.2) is 9.59 Å². The minimum atomic E-state index is -1.05. The fourth-order valence-electron chi connectivity index (χ4n) is 2.63. The van der Waals surface area contributed by atoms with E-state index in [1.165, 1.54) is 6.07 Å². The molecule has 3 N–H and O–H groups in total. The molecule has 0 aliphatic heterocycles. The van der Waals surface area contributed by atoms with Gasteiger partial charge in [0.05, 0.1) is 5.56 Å². The maximum absolute atomic E-state index is 12.9. The molecule has 0 aromatic heterocycles. The molecular weight excluding hydrogens is 346 g/mol. The SMILES string of the molecule is CCN(CC)C(=O)[C@H](OC(=O)c1cccc(NC(N)=O)c1)c1ccccc1. The summed E-state index contributed by atoms with van der Waals surface area (Å²) in [5.41, 5.74) is 6.25. The van der Waals surface area contributed by atoms with Gasteiger partial charge in [0.2, 0.25) is 6.10 Å². The molecule has 7 nitrogen and oxygen atoms in total. The highest BCUT2D eigenvalue weighted by molar-refractivity contribution is 5.95. The molecule has 0 saturated heterocycles. The van der Waals surface area contributed by atoms with Gasteiger partial charge >= 0.3 is 12.0 Å². The van der Waals surface area contributed by atoms with Gasteiger partial charge in [-0.3, -0.25) is 4.79 Å². The molecule has 1 atom stereocenters. The van der Waals surface area contributed by atoms with Crippen LogP contribution in [0.15, 0.2) is 54.6 Å². The third-order valence-electron chi connectivity index (χ3n) is 3.99. The van der Waals surface area contributed by atoms with Gasteiger partial charge in [-0.2, -0.15) is 0 Å². The Kier molecular flexibility index (Phi) is 6.93. The van der Waals surface area contributed by atoms with Crippen molar-refractivity contribution in [3.05, 3.63) is 65.7 Å². The van der Waals surface area contributed by atoms with Crippen molar-refractivity contribution in [1.29, 1.82) is 0 Å². The number of anilines is 1. The zero-order valence-electron chi connectivity index (χ0n) is 15.3. The van der Waals surface area contributed by atoms with Crippen molar-refractivity contribution in [1.82, 2.24) is 4.90 Å². The van der Waals surface area contributed by atoms with E-state index in [4.69, 9.17) is 10.5 Å². The maximum atomic E-state index is 12.9. The first-order valence-electron chi connectivity index (χ1n) is 8.67.